The zero-order chi connectivity index (χ0) is 12.9. The van der Waals surface area contributed by atoms with E-state index in [4.69, 9.17) is 0 Å². The number of hydrogen-bond acceptors (Lipinski definition) is 0. The molecule has 0 aromatic carbocycles. The van der Waals surface area contributed by atoms with Gasteiger partial charge in [0.25, 0.3) is 0 Å². The van der Waals surface area contributed by atoms with Crippen molar-refractivity contribution in [1.82, 2.24) is 0 Å². The molecule has 0 radical (unpaired) electrons. The van der Waals surface area contributed by atoms with Crippen LogP contribution in [0.25, 0.3) is 0 Å². The summed E-state index contributed by atoms with van der Waals surface area (Å²) in [5.74, 6) is 7.35. The van der Waals surface area contributed by atoms with Crippen LogP contribution in [0, 0.1) is 52.3 Å². The monoisotopic (exact) mass is 246 g/mol. The summed E-state index contributed by atoms with van der Waals surface area (Å²) < 4.78 is 0. The topological polar surface area (TPSA) is 0 Å². The fraction of sp³-hybridized carbons (Fsp3) is 1.00. The predicted octanol–water partition coefficient (Wildman–Crippen LogP) is 4.99. The fourth-order valence-corrected chi connectivity index (χ4v) is 6.65. The Morgan fingerprint density at radius 1 is 1.11 bits per heavy atom. The van der Waals surface area contributed by atoms with E-state index in [1.54, 1.807) is 12.8 Å². The van der Waals surface area contributed by atoms with Gasteiger partial charge in [-0.15, -0.1) is 0 Å². The Morgan fingerprint density at radius 3 is 2.17 bits per heavy atom. The second-order valence-electron chi connectivity index (χ2n) is 8.90. The highest BCUT2D eigenvalue weighted by Gasteiger charge is 2.82. The maximum atomic E-state index is 2.63. The van der Waals surface area contributed by atoms with Crippen LogP contribution in [0.3, 0.4) is 0 Å². The molecule has 9 unspecified atom stereocenters. The van der Waals surface area contributed by atoms with Crippen LogP contribution in [0.5, 0.6) is 0 Å². The molecule has 0 saturated heterocycles. The van der Waals surface area contributed by atoms with Crippen molar-refractivity contribution in [3.8, 4) is 0 Å². The highest BCUT2D eigenvalue weighted by Crippen LogP contribution is 2.88. The van der Waals surface area contributed by atoms with Crippen molar-refractivity contribution in [3.05, 3.63) is 0 Å². The van der Waals surface area contributed by atoms with E-state index in [0.29, 0.717) is 0 Å². The third kappa shape index (κ3) is 1.19. The molecule has 4 aliphatic carbocycles. The molecule has 4 aliphatic rings. The molecular weight excluding hydrogens is 216 g/mol. The van der Waals surface area contributed by atoms with Crippen LogP contribution in [-0.2, 0) is 0 Å². The van der Waals surface area contributed by atoms with Crippen molar-refractivity contribution in [3.63, 3.8) is 0 Å². The quantitative estimate of drug-likeness (QED) is 0.658. The van der Waals surface area contributed by atoms with E-state index >= 15 is 0 Å². The summed E-state index contributed by atoms with van der Waals surface area (Å²) in [6.07, 6.45) is 6.14. The molecule has 4 rings (SSSR count). The predicted molar refractivity (Wildman–Crippen MR) is 76.1 cm³/mol. The van der Waals surface area contributed by atoms with Gasteiger partial charge >= 0.3 is 0 Å². The summed E-state index contributed by atoms with van der Waals surface area (Å²) in [7, 11) is 0. The van der Waals surface area contributed by atoms with Crippen LogP contribution in [0.15, 0.2) is 0 Å². The minimum Gasteiger partial charge on any atom is -0.0622 e. The van der Waals surface area contributed by atoms with Crippen LogP contribution in [-0.4, -0.2) is 0 Å². The Kier molecular flexibility index (Phi) is 2.08. The van der Waals surface area contributed by atoms with Gasteiger partial charge in [0.15, 0.2) is 0 Å². The molecule has 0 N–H and O–H groups in total. The highest BCUT2D eigenvalue weighted by molar-refractivity contribution is 5.30. The molecule has 0 aromatic heterocycles. The van der Waals surface area contributed by atoms with Gasteiger partial charge in [-0.05, 0) is 71.5 Å². The maximum absolute atomic E-state index is 2.63. The van der Waals surface area contributed by atoms with Gasteiger partial charge in [0, 0.05) is 0 Å². The summed E-state index contributed by atoms with van der Waals surface area (Å²) in [6.45, 7) is 12.7. The largest absolute Gasteiger partial charge is 0.0622 e. The molecule has 0 heterocycles. The van der Waals surface area contributed by atoms with Gasteiger partial charge in [-0.25, -0.2) is 0 Å². The molecule has 4 fully saturated rings. The fourth-order valence-electron chi connectivity index (χ4n) is 6.65. The molecule has 102 valence electrons. The van der Waals surface area contributed by atoms with Crippen molar-refractivity contribution in [2.75, 3.05) is 0 Å². The molecule has 0 nitrogen and oxygen atoms in total. The Balaban J connectivity index is 1.46. The van der Waals surface area contributed by atoms with Crippen LogP contribution >= 0.6 is 0 Å². The Labute approximate surface area is 113 Å². The average molecular weight is 246 g/mol. The van der Waals surface area contributed by atoms with Crippen LogP contribution in [0.2, 0.25) is 0 Å². The first kappa shape index (κ1) is 11.8. The van der Waals surface area contributed by atoms with Gasteiger partial charge in [0.2, 0.25) is 0 Å². The number of hydrogen-bond donors (Lipinski definition) is 0. The second kappa shape index (κ2) is 3.18. The van der Waals surface area contributed by atoms with Crippen molar-refractivity contribution >= 4 is 0 Å². The van der Waals surface area contributed by atoms with Crippen molar-refractivity contribution in [2.24, 2.45) is 52.3 Å². The lowest BCUT2D eigenvalue weighted by Crippen LogP contribution is -2.31. The van der Waals surface area contributed by atoms with Gasteiger partial charge in [0.05, 0.1) is 0 Å². The van der Waals surface area contributed by atoms with E-state index in [1.165, 1.54) is 12.8 Å². The van der Waals surface area contributed by atoms with Gasteiger partial charge in [-0.2, -0.15) is 0 Å². The molecule has 9 atom stereocenters. The molecule has 4 saturated carbocycles. The first-order valence-corrected chi connectivity index (χ1v) is 8.42. The van der Waals surface area contributed by atoms with Crippen molar-refractivity contribution < 1.29 is 0 Å². The van der Waals surface area contributed by atoms with Gasteiger partial charge < -0.3 is 0 Å². The first-order chi connectivity index (χ1) is 8.42. The minimum absolute atomic E-state index is 0.762. The zero-order valence-corrected chi connectivity index (χ0v) is 12.9. The molecule has 0 aliphatic heterocycles. The number of rotatable bonds is 3. The summed E-state index contributed by atoms with van der Waals surface area (Å²) in [6, 6.07) is 0. The van der Waals surface area contributed by atoms with Crippen molar-refractivity contribution in [2.45, 2.75) is 60.3 Å². The normalized spacial score (nSPS) is 66.5. The SMILES string of the molecule is CC1CCC1C(C)C1C(C)C1C1(C)CC12CC2C. The van der Waals surface area contributed by atoms with E-state index in [1.807, 2.05) is 0 Å². The van der Waals surface area contributed by atoms with E-state index < -0.39 is 0 Å². The van der Waals surface area contributed by atoms with Crippen molar-refractivity contribution in [1.29, 1.82) is 0 Å². The lowest BCUT2D eigenvalue weighted by molar-refractivity contribution is 0.106. The van der Waals surface area contributed by atoms with Crippen LogP contribution in [0.1, 0.15) is 60.3 Å². The smallest absolute Gasteiger partial charge is 0.0206 e. The second-order valence-corrected chi connectivity index (χ2v) is 8.90. The molecule has 18 heavy (non-hydrogen) atoms. The highest BCUT2D eigenvalue weighted by atomic mass is 14.9. The lowest BCUT2D eigenvalue weighted by Gasteiger charge is -2.39. The Hall–Kier alpha value is 0. The van der Waals surface area contributed by atoms with E-state index in [9.17, 15) is 0 Å². The van der Waals surface area contributed by atoms with E-state index in [0.717, 1.165) is 52.3 Å². The Morgan fingerprint density at radius 2 is 1.78 bits per heavy atom. The summed E-state index contributed by atoms with van der Waals surface area (Å²) in [4.78, 5) is 0. The molecule has 0 bridgehead atoms. The molecule has 0 heteroatoms. The Bertz CT molecular complexity index is 385. The third-order valence-corrected chi connectivity index (χ3v) is 8.30. The van der Waals surface area contributed by atoms with Gasteiger partial charge in [-0.1, -0.05) is 41.0 Å². The molecular formula is C18H30. The summed E-state index contributed by atoms with van der Waals surface area (Å²) >= 11 is 0. The standard InChI is InChI=1S/C18H30/c1-10-6-7-14(10)12(3)15-13(4)16(15)17(5)9-18(17)8-11(18)2/h10-16H,6-9H2,1-5H3. The van der Waals surface area contributed by atoms with Crippen LogP contribution in [0.4, 0.5) is 0 Å². The lowest BCUT2D eigenvalue weighted by atomic mass is 9.66. The maximum Gasteiger partial charge on any atom is -0.0206 e. The summed E-state index contributed by atoms with van der Waals surface area (Å²) in [5.41, 5.74) is 1.60. The molecule has 0 aromatic rings. The summed E-state index contributed by atoms with van der Waals surface area (Å²) in [5, 5.41) is 0. The minimum atomic E-state index is 0.762. The van der Waals surface area contributed by atoms with Gasteiger partial charge in [0.1, 0.15) is 0 Å². The average Bonchev–Trinajstić information content (AvgIpc) is 3.18. The molecule has 1 spiro atoms. The van der Waals surface area contributed by atoms with E-state index in [-0.39, 0.29) is 0 Å². The van der Waals surface area contributed by atoms with Gasteiger partial charge in [-0.3, -0.25) is 0 Å². The first-order valence-electron chi connectivity index (χ1n) is 8.42. The zero-order valence-electron chi connectivity index (χ0n) is 12.9. The van der Waals surface area contributed by atoms with Crippen LogP contribution < -0.4 is 0 Å². The third-order valence-electron chi connectivity index (χ3n) is 8.30. The molecule has 0 amide bonds. The van der Waals surface area contributed by atoms with E-state index in [2.05, 4.69) is 34.6 Å².